The zero-order valence-corrected chi connectivity index (χ0v) is 11.8. The summed E-state index contributed by atoms with van der Waals surface area (Å²) in [4.78, 5) is 11.6. The number of hydrogen-bond donors (Lipinski definition) is 0. The third-order valence-corrected chi connectivity index (χ3v) is 4.90. The summed E-state index contributed by atoms with van der Waals surface area (Å²) in [6.45, 7) is 12.5. The molecule has 0 saturated carbocycles. The van der Waals surface area contributed by atoms with Gasteiger partial charge in [-0.3, -0.25) is 4.79 Å². The predicted molar refractivity (Wildman–Crippen MR) is 68.9 cm³/mol. The molecule has 0 aliphatic rings. The minimum atomic E-state index is -0.174. The lowest BCUT2D eigenvalue weighted by molar-refractivity contribution is -0.125. The molecule has 84 valence electrons. The zero-order valence-electron chi connectivity index (χ0n) is 10.1. The van der Waals surface area contributed by atoms with Crippen LogP contribution in [0.2, 0.25) is 0 Å². The van der Waals surface area contributed by atoms with Crippen molar-refractivity contribution < 1.29 is 4.79 Å². The van der Waals surface area contributed by atoms with E-state index in [9.17, 15) is 4.79 Å². The van der Waals surface area contributed by atoms with Crippen molar-refractivity contribution in [1.29, 1.82) is 0 Å². The summed E-state index contributed by atoms with van der Waals surface area (Å²) in [5, 5.41) is 0. The average molecular weight is 234 g/mol. The van der Waals surface area contributed by atoms with Gasteiger partial charge in [0.25, 0.3) is 0 Å². The Hall–Kier alpha value is 0.370. The highest BCUT2D eigenvalue weighted by Crippen LogP contribution is 2.35. The molecule has 0 aliphatic heterocycles. The van der Waals surface area contributed by atoms with Crippen LogP contribution in [-0.4, -0.2) is 16.3 Å². The van der Waals surface area contributed by atoms with Crippen LogP contribution in [0.5, 0.6) is 0 Å². The Morgan fingerprint density at radius 3 is 1.93 bits per heavy atom. The molecule has 14 heavy (non-hydrogen) atoms. The molecule has 0 saturated heterocycles. The normalized spacial score (nSPS) is 13.0. The van der Waals surface area contributed by atoms with Crippen molar-refractivity contribution in [3.8, 4) is 0 Å². The van der Waals surface area contributed by atoms with Crippen LogP contribution >= 0.6 is 21.6 Å². The van der Waals surface area contributed by atoms with Crippen LogP contribution in [0, 0.1) is 5.41 Å². The number of ketones is 1. The van der Waals surface area contributed by atoms with Crippen LogP contribution < -0.4 is 0 Å². The molecule has 0 aromatic heterocycles. The first-order valence-electron chi connectivity index (χ1n) is 4.97. The molecular formula is C11H22OS2. The van der Waals surface area contributed by atoms with E-state index in [1.54, 1.807) is 10.8 Å². The summed E-state index contributed by atoms with van der Waals surface area (Å²) in [6, 6.07) is 0. The third-order valence-electron chi connectivity index (χ3n) is 1.56. The van der Waals surface area contributed by atoms with Crippen molar-refractivity contribution in [2.75, 3.05) is 5.75 Å². The van der Waals surface area contributed by atoms with Gasteiger partial charge in [-0.15, -0.1) is 0 Å². The molecule has 0 rings (SSSR count). The lowest BCUT2D eigenvalue weighted by atomic mass is 9.89. The molecule has 0 aromatic carbocycles. The highest BCUT2D eigenvalue weighted by Gasteiger charge is 2.20. The summed E-state index contributed by atoms with van der Waals surface area (Å²) in [6.07, 6.45) is 0.692. The molecular weight excluding hydrogens is 212 g/mol. The number of Topliss-reactive ketones (excluding diaryl/α,β-unsaturated/α-hetero) is 1. The first-order valence-corrected chi connectivity index (χ1v) is 7.29. The van der Waals surface area contributed by atoms with Gasteiger partial charge in [-0.25, -0.2) is 0 Å². The maximum atomic E-state index is 11.6. The molecule has 0 aromatic rings. The fraction of sp³-hybridized carbons (Fsp3) is 0.909. The fourth-order valence-corrected chi connectivity index (χ4v) is 2.99. The van der Waals surface area contributed by atoms with Crippen molar-refractivity contribution in [2.24, 2.45) is 5.41 Å². The zero-order chi connectivity index (χ0) is 11.4. The molecule has 0 aliphatic carbocycles. The van der Waals surface area contributed by atoms with E-state index in [2.05, 4.69) is 20.8 Å². The Balaban J connectivity index is 3.62. The minimum absolute atomic E-state index is 0.174. The van der Waals surface area contributed by atoms with E-state index in [1.165, 1.54) is 0 Å². The number of rotatable bonds is 4. The van der Waals surface area contributed by atoms with E-state index < -0.39 is 0 Å². The first-order chi connectivity index (χ1) is 6.13. The first kappa shape index (κ1) is 14.4. The van der Waals surface area contributed by atoms with Crippen LogP contribution in [0.1, 0.15) is 48.0 Å². The summed E-state index contributed by atoms with van der Waals surface area (Å²) < 4.78 is 0.287. The minimum Gasteiger partial charge on any atom is -0.299 e. The van der Waals surface area contributed by atoms with E-state index >= 15 is 0 Å². The van der Waals surface area contributed by atoms with E-state index in [1.807, 2.05) is 31.6 Å². The summed E-state index contributed by atoms with van der Waals surface area (Å²) in [5.41, 5.74) is -0.174. The smallest absolute Gasteiger partial charge is 0.139 e. The van der Waals surface area contributed by atoms with Gasteiger partial charge < -0.3 is 0 Å². The van der Waals surface area contributed by atoms with E-state index in [0.29, 0.717) is 12.2 Å². The van der Waals surface area contributed by atoms with Gasteiger partial charge in [-0.1, -0.05) is 63.1 Å². The maximum absolute atomic E-state index is 11.6. The quantitative estimate of drug-likeness (QED) is 0.537. The highest BCUT2D eigenvalue weighted by molar-refractivity contribution is 8.77. The van der Waals surface area contributed by atoms with Gasteiger partial charge in [0.2, 0.25) is 0 Å². The summed E-state index contributed by atoms with van der Waals surface area (Å²) >= 11 is 0. The molecule has 1 nitrogen and oxygen atoms in total. The van der Waals surface area contributed by atoms with Crippen LogP contribution in [0.3, 0.4) is 0 Å². The molecule has 0 atom stereocenters. The molecule has 0 radical (unpaired) electrons. The lowest BCUT2D eigenvalue weighted by Gasteiger charge is -2.18. The van der Waals surface area contributed by atoms with E-state index in [0.717, 1.165) is 5.75 Å². The SMILES string of the molecule is CC(C)(C)SSCCC(=O)C(C)(C)C. The fourth-order valence-electron chi connectivity index (χ4n) is 0.728. The third kappa shape index (κ3) is 7.74. The van der Waals surface area contributed by atoms with Crippen molar-refractivity contribution in [1.82, 2.24) is 0 Å². The summed E-state index contributed by atoms with van der Waals surface area (Å²) in [7, 11) is 3.65. The van der Waals surface area contributed by atoms with Gasteiger partial charge in [0.1, 0.15) is 5.78 Å². The van der Waals surface area contributed by atoms with E-state index in [-0.39, 0.29) is 10.2 Å². The van der Waals surface area contributed by atoms with Gasteiger partial charge >= 0.3 is 0 Å². The van der Waals surface area contributed by atoms with Gasteiger partial charge in [0.15, 0.2) is 0 Å². The second-order valence-corrected chi connectivity index (χ2v) is 8.68. The Kier molecular flexibility index (Phi) is 5.60. The lowest BCUT2D eigenvalue weighted by Crippen LogP contribution is -2.20. The Morgan fingerprint density at radius 2 is 1.57 bits per heavy atom. The van der Waals surface area contributed by atoms with Gasteiger partial charge in [-0.2, -0.15) is 0 Å². The number of carbonyl (C=O) groups excluding carboxylic acids is 1. The van der Waals surface area contributed by atoms with Crippen molar-refractivity contribution in [2.45, 2.75) is 52.7 Å². The van der Waals surface area contributed by atoms with Crippen molar-refractivity contribution >= 4 is 27.4 Å². The topological polar surface area (TPSA) is 17.1 Å². The van der Waals surface area contributed by atoms with Crippen molar-refractivity contribution in [3.05, 3.63) is 0 Å². The van der Waals surface area contributed by atoms with E-state index in [4.69, 9.17) is 0 Å². The molecule has 0 amide bonds. The second-order valence-electron chi connectivity index (χ2n) is 5.44. The van der Waals surface area contributed by atoms with Gasteiger partial charge in [0, 0.05) is 22.3 Å². The Bertz CT molecular complexity index is 186. The molecule has 0 unspecified atom stereocenters. The van der Waals surface area contributed by atoms with Crippen LogP contribution in [-0.2, 0) is 4.79 Å². The van der Waals surface area contributed by atoms with Gasteiger partial charge in [-0.05, 0) is 0 Å². The maximum Gasteiger partial charge on any atom is 0.139 e. The van der Waals surface area contributed by atoms with Crippen LogP contribution in [0.15, 0.2) is 0 Å². The molecule has 0 N–H and O–H groups in total. The van der Waals surface area contributed by atoms with Gasteiger partial charge in [0.05, 0.1) is 0 Å². The standard InChI is InChI=1S/C11H22OS2/c1-10(2,3)9(12)7-8-13-14-11(4,5)6/h7-8H2,1-6H3. The largest absolute Gasteiger partial charge is 0.299 e. The predicted octanol–water partition coefficient (Wildman–Crippen LogP) is 4.17. The number of hydrogen-bond acceptors (Lipinski definition) is 3. The van der Waals surface area contributed by atoms with Crippen LogP contribution in [0.25, 0.3) is 0 Å². The molecule has 0 spiro atoms. The average Bonchev–Trinajstić information content (AvgIpc) is 1.93. The highest BCUT2D eigenvalue weighted by atomic mass is 33.1. The molecule has 0 heterocycles. The summed E-state index contributed by atoms with van der Waals surface area (Å²) in [5.74, 6) is 1.29. The monoisotopic (exact) mass is 234 g/mol. The Labute approximate surface area is 96.2 Å². The molecule has 0 fully saturated rings. The van der Waals surface area contributed by atoms with Crippen molar-refractivity contribution in [3.63, 3.8) is 0 Å². The Morgan fingerprint density at radius 1 is 1.07 bits per heavy atom. The van der Waals surface area contributed by atoms with Crippen LogP contribution in [0.4, 0.5) is 0 Å². The molecule has 0 bridgehead atoms. The number of carbonyl (C=O) groups is 1. The molecule has 3 heteroatoms. The second kappa shape index (κ2) is 5.45.